The van der Waals surface area contributed by atoms with Crippen LogP contribution in [0.5, 0.6) is 5.75 Å². The average Bonchev–Trinajstić information content (AvgIpc) is 2.73. The molecule has 0 bridgehead atoms. The fourth-order valence-corrected chi connectivity index (χ4v) is 11.1. The topological polar surface area (TPSA) is 27.7 Å². The summed E-state index contributed by atoms with van der Waals surface area (Å²) < 4.78 is 19.2. The molecule has 2 atom stereocenters. The number of hydrogen-bond donors (Lipinski definition) is 0. The van der Waals surface area contributed by atoms with Gasteiger partial charge in [-0.2, -0.15) is 0 Å². The van der Waals surface area contributed by atoms with E-state index < -0.39 is 16.4 Å². The van der Waals surface area contributed by atoms with Crippen LogP contribution in [0.4, 0.5) is 0 Å². The van der Waals surface area contributed by atoms with Crippen molar-refractivity contribution in [2.75, 3.05) is 19.8 Å². The summed E-state index contributed by atoms with van der Waals surface area (Å²) in [7, 11) is -3.34. The van der Waals surface area contributed by atoms with Gasteiger partial charge in [0.25, 0.3) is 0 Å². The molecule has 1 rings (SSSR count). The zero-order valence-electron chi connectivity index (χ0n) is 23.7. The molecule has 0 saturated heterocycles. The Morgan fingerprint density at radius 3 is 1.97 bits per heavy atom. The Balaban J connectivity index is 3.00. The minimum atomic E-state index is -1.93. The summed E-state index contributed by atoms with van der Waals surface area (Å²) in [5.74, 6) is 4.38. The first-order chi connectivity index (χ1) is 15.8. The van der Waals surface area contributed by atoms with Crippen molar-refractivity contribution in [2.24, 2.45) is 5.92 Å². The van der Waals surface area contributed by atoms with Crippen molar-refractivity contribution in [3.8, 4) is 17.2 Å². The number of hydrogen-bond acceptors (Lipinski definition) is 3. The van der Waals surface area contributed by atoms with Crippen LogP contribution in [0.25, 0.3) is 0 Å². The highest BCUT2D eigenvalue weighted by Crippen LogP contribution is 2.42. The first-order valence-corrected chi connectivity index (χ1v) is 18.5. The Bertz CT molecular complexity index is 776. The molecule has 0 N–H and O–H groups in total. The van der Waals surface area contributed by atoms with Crippen molar-refractivity contribution < 1.29 is 13.9 Å². The van der Waals surface area contributed by atoms with Crippen molar-refractivity contribution >= 4 is 16.4 Å². The first-order valence-electron chi connectivity index (χ1n) is 12.9. The monoisotopic (exact) mass is 502 g/mol. The third-order valence-corrected chi connectivity index (χ3v) is 13.5. The second kappa shape index (κ2) is 14.3. The Hall–Kier alpha value is -1.33. The van der Waals surface area contributed by atoms with Gasteiger partial charge >= 0.3 is 0 Å². The zero-order chi connectivity index (χ0) is 25.9. The van der Waals surface area contributed by atoms with Crippen LogP contribution in [0, 0.1) is 17.4 Å². The summed E-state index contributed by atoms with van der Waals surface area (Å²) in [4.78, 5) is 0. The summed E-state index contributed by atoms with van der Waals surface area (Å²) >= 11 is 0. The van der Waals surface area contributed by atoms with Gasteiger partial charge < -0.3 is 13.9 Å². The molecule has 0 aromatic heterocycles. The van der Waals surface area contributed by atoms with Crippen LogP contribution in [-0.2, 0) is 9.16 Å². The normalized spacial score (nSPS) is 14.8. The molecule has 0 aliphatic heterocycles. The maximum Gasteiger partial charge on any atom is 0.200 e. The van der Waals surface area contributed by atoms with Gasteiger partial charge in [0.05, 0.1) is 6.10 Å². The summed E-state index contributed by atoms with van der Waals surface area (Å²) in [6.45, 7) is 26.8. The van der Waals surface area contributed by atoms with Crippen LogP contribution in [0.15, 0.2) is 42.0 Å². The fraction of sp³-hybridized carbons (Fsp3) is 0.655. The van der Waals surface area contributed by atoms with Gasteiger partial charge in [0.15, 0.2) is 8.32 Å². The van der Waals surface area contributed by atoms with Crippen LogP contribution >= 0.6 is 0 Å². The van der Waals surface area contributed by atoms with E-state index in [2.05, 4.69) is 92.6 Å². The minimum Gasteiger partial charge on any atom is -0.490 e. The first kappa shape index (κ1) is 30.7. The highest BCUT2D eigenvalue weighted by Gasteiger charge is 2.45. The van der Waals surface area contributed by atoms with Crippen molar-refractivity contribution in [3.05, 3.63) is 42.0 Å². The highest BCUT2D eigenvalue weighted by molar-refractivity contribution is 6.83. The molecule has 1 aromatic rings. The van der Waals surface area contributed by atoms with E-state index in [1.807, 2.05) is 30.3 Å². The molecule has 0 amide bonds. The zero-order valence-corrected chi connectivity index (χ0v) is 25.7. The van der Waals surface area contributed by atoms with Crippen molar-refractivity contribution in [2.45, 2.75) is 97.8 Å². The van der Waals surface area contributed by atoms with Crippen LogP contribution in [-0.4, -0.2) is 42.3 Å². The van der Waals surface area contributed by atoms with Gasteiger partial charge in [-0.1, -0.05) is 92.2 Å². The van der Waals surface area contributed by atoms with E-state index in [1.165, 1.54) is 5.57 Å². The molecule has 0 aliphatic rings. The predicted molar refractivity (Wildman–Crippen MR) is 153 cm³/mol. The lowest BCUT2D eigenvalue weighted by molar-refractivity contribution is 0.0420. The summed E-state index contributed by atoms with van der Waals surface area (Å²) in [5.41, 5.74) is 6.29. The Morgan fingerprint density at radius 2 is 1.47 bits per heavy atom. The van der Waals surface area contributed by atoms with Crippen molar-refractivity contribution in [1.82, 2.24) is 0 Å². The fourth-order valence-electron chi connectivity index (χ4n) is 4.94. The maximum absolute atomic E-state index is 6.91. The summed E-state index contributed by atoms with van der Waals surface area (Å²) in [5, 5.41) is 0. The van der Waals surface area contributed by atoms with Gasteiger partial charge in [0.1, 0.15) is 27.0 Å². The van der Waals surface area contributed by atoms with Gasteiger partial charge in [-0.05, 0) is 47.3 Å². The van der Waals surface area contributed by atoms with Crippen LogP contribution < -0.4 is 4.74 Å². The van der Waals surface area contributed by atoms with E-state index in [0.29, 0.717) is 36.4 Å². The van der Waals surface area contributed by atoms with Crippen molar-refractivity contribution in [3.63, 3.8) is 0 Å². The van der Waals surface area contributed by atoms with E-state index >= 15 is 0 Å². The van der Waals surface area contributed by atoms with Crippen LogP contribution in [0.1, 0.15) is 55.4 Å². The van der Waals surface area contributed by atoms with Gasteiger partial charge in [0.2, 0.25) is 0 Å². The molecule has 0 aliphatic carbocycles. The largest absolute Gasteiger partial charge is 0.490 e. The standard InChI is InChI=1S/C29H50O3Si2/c1-23(2)34(24(3)4,25(5)6)32-22-27(8)29(31-19-15-21-33(9,10)11)26(7)18-20-30-28-16-13-12-14-17-28/h12-14,16-18,23-25,27,29H,19-20,22H2,1-11H3/b26-18+/t27-,29+/m1/s1. The lowest BCUT2D eigenvalue weighted by atomic mass is 9.99. The van der Waals surface area contributed by atoms with E-state index in [0.717, 1.165) is 5.75 Å². The third kappa shape index (κ3) is 9.73. The molecule has 0 fully saturated rings. The van der Waals surface area contributed by atoms with Gasteiger partial charge in [-0.3, -0.25) is 0 Å². The molecule has 5 heteroatoms. The smallest absolute Gasteiger partial charge is 0.200 e. The SMILES string of the molecule is C/C(=C\COc1ccccc1)[C@H](OCC#C[Si](C)(C)C)[C@H](C)CO[Si](C(C)C)(C(C)C)C(C)C. The Labute approximate surface area is 212 Å². The Morgan fingerprint density at radius 1 is 0.912 bits per heavy atom. The maximum atomic E-state index is 6.91. The van der Waals surface area contributed by atoms with E-state index in [4.69, 9.17) is 13.9 Å². The molecule has 0 saturated carbocycles. The summed E-state index contributed by atoms with van der Waals surface area (Å²) in [6, 6.07) is 9.93. The second-order valence-corrected chi connectivity index (χ2v) is 21.7. The lowest BCUT2D eigenvalue weighted by Gasteiger charge is -2.43. The Kier molecular flexibility index (Phi) is 12.9. The lowest BCUT2D eigenvalue weighted by Crippen LogP contribution is -2.49. The molecule has 3 nitrogen and oxygen atoms in total. The van der Waals surface area contributed by atoms with E-state index in [9.17, 15) is 0 Å². The number of ether oxygens (including phenoxy) is 2. The highest BCUT2D eigenvalue weighted by atomic mass is 28.4. The summed E-state index contributed by atoms with van der Waals surface area (Å²) in [6.07, 6.45) is 2.09. The van der Waals surface area contributed by atoms with E-state index in [-0.39, 0.29) is 12.0 Å². The number of benzene rings is 1. The quantitative estimate of drug-likeness (QED) is 0.155. The second-order valence-electron chi connectivity index (χ2n) is 11.5. The predicted octanol–water partition coefficient (Wildman–Crippen LogP) is 8.11. The number of rotatable bonds is 13. The molecule has 1 aromatic carbocycles. The minimum absolute atomic E-state index is 0.0477. The molecular formula is C29H50O3Si2. The molecule has 0 heterocycles. The van der Waals surface area contributed by atoms with Gasteiger partial charge in [-0.15, -0.1) is 5.54 Å². The molecule has 0 radical (unpaired) electrons. The average molecular weight is 503 g/mol. The molecule has 192 valence electrons. The van der Waals surface area contributed by atoms with Gasteiger partial charge in [-0.25, -0.2) is 0 Å². The van der Waals surface area contributed by atoms with Gasteiger partial charge in [0, 0.05) is 12.5 Å². The van der Waals surface area contributed by atoms with Crippen LogP contribution in [0.2, 0.25) is 36.3 Å². The van der Waals surface area contributed by atoms with Crippen LogP contribution in [0.3, 0.4) is 0 Å². The van der Waals surface area contributed by atoms with Crippen molar-refractivity contribution in [1.29, 1.82) is 0 Å². The molecular weight excluding hydrogens is 452 g/mol. The number of para-hydroxylation sites is 1. The third-order valence-electron chi connectivity index (χ3n) is 6.47. The molecule has 0 unspecified atom stereocenters. The molecule has 0 spiro atoms. The molecule has 34 heavy (non-hydrogen) atoms. The van der Waals surface area contributed by atoms with E-state index in [1.54, 1.807) is 0 Å².